The highest BCUT2D eigenvalue weighted by Crippen LogP contribution is 2.18. The third-order valence-corrected chi connectivity index (χ3v) is 3.17. The summed E-state index contributed by atoms with van der Waals surface area (Å²) in [5.74, 6) is 0.0701. The van der Waals surface area contributed by atoms with Crippen molar-refractivity contribution in [3.05, 3.63) is 77.4 Å². The molecule has 2 aromatic rings. The SMILES string of the molecule is CC/C(=C\C(=O)c1ccc(C)cc1)c1ccccc1. The fourth-order valence-electron chi connectivity index (χ4n) is 2.00. The standard InChI is InChI=1S/C18H18O/c1-3-15(16-7-5-4-6-8-16)13-18(19)17-11-9-14(2)10-12-17/h4-13H,3H2,1-2H3/b15-13+. The molecule has 2 rings (SSSR count). The Morgan fingerprint density at radius 1 is 0.947 bits per heavy atom. The third kappa shape index (κ3) is 3.41. The molecular formula is C18H18O. The maximum atomic E-state index is 12.2. The highest BCUT2D eigenvalue weighted by Gasteiger charge is 2.05. The topological polar surface area (TPSA) is 17.1 Å². The zero-order valence-electron chi connectivity index (χ0n) is 11.4. The predicted molar refractivity (Wildman–Crippen MR) is 80.2 cm³/mol. The van der Waals surface area contributed by atoms with Crippen LogP contribution in [0, 0.1) is 6.92 Å². The molecule has 0 saturated heterocycles. The molecule has 0 heterocycles. The Bertz CT molecular complexity index is 577. The number of aryl methyl sites for hydroxylation is 1. The summed E-state index contributed by atoms with van der Waals surface area (Å²) >= 11 is 0. The minimum Gasteiger partial charge on any atom is -0.289 e. The van der Waals surface area contributed by atoms with Gasteiger partial charge in [-0.1, -0.05) is 67.1 Å². The monoisotopic (exact) mass is 250 g/mol. The first-order chi connectivity index (χ1) is 9.20. The lowest BCUT2D eigenvalue weighted by Gasteiger charge is -2.05. The summed E-state index contributed by atoms with van der Waals surface area (Å²) in [6, 6.07) is 17.8. The molecule has 0 aliphatic rings. The molecule has 0 radical (unpaired) electrons. The molecule has 2 aromatic carbocycles. The quantitative estimate of drug-likeness (QED) is 0.569. The van der Waals surface area contributed by atoms with Gasteiger partial charge in [-0.25, -0.2) is 0 Å². The van der Waals surface area contributed by atoms with Crippen LogP contribution in [0.5, 0.6) is 0 Å². The van der Waals surface area contributed by atoms with Crippen molar-refractivity contribution in [3.8, 4) is 0 Å². The maximum Gasteiger partial charge on any atom is 0.186 e. The van der Waals surface area contributed by atoms with Crippen molar-refractivity contribution >= 4 is 11.4 Å². The minimum atomic E-state index is 0.0701. The van der Waals surface area contributed by atoms with E-state index in [9.17, 15) is 4.79 Å². The van der Waals surface area contributed by atoms with Crippen LogP contribution in [0.15, 0.2) is 60.7 Å². The van der Waals surface area contributed by atoms with Crippen molar-refractivity contribution in [2.45, 2.75) is 20.3 Å². The fraction of sp³-hybridized carbons (Fsp3) is 0.167. The summed E-state index contributed by atoms with van der Waals surface area (Å²) < 4.78 is 0. The molecule has 0 bridgehead atoms. The smallest absolute Gasteiger partial charge is 0.186 e. The number of carbonyl (C=O) groups is 1. The molecule has 0 fully saturated rings. The van der Waals surface area contributed by atoms with Crippen LogP contribution >= 0.6 is 0 Å². The van der Waals surface area contributed by atoms with Crippen LogP contribution in [-0.2, 0) is 0 Å². The van der Waals surface area contributed by atoms with Gasteiger partial charge >= 0.3 is 0 Å². The number of allylic oxidation sites excluding steroid dienone is 2. The van der Waals surface area contributed by atoms with Crippen LogP contribution in [-0.4, -0.2) is 5.78 Å². The first kappa shape index (κ1) is 13.3. The van der Waals surface area contributed by atoms with Gasteiger partial charge in [-0.3, -0.25) is 4.79 Å². The van der Waals surface area contributed by atoms with E-state index in [0.717, 1.165) is 23.1 Å². The number of hydrogen-bond acceptors (Lipinski definition) is 1. The summed E-state index contributed by atoms with van der Waals surface area (Å²) in [5, 5.41) is 0. The lowest BCUT2D eigenvalue weighted by atomic mass is 10.00. The van der Waals surface area contributed by atoms with Crippen LogP contribution in [0.1, 0.15) is 34.8 Å². The van der Waals surface area contributed by atoms with Gasteiger partial charge in [0.25, 0.3) is 0 Å². The normalized spacial score (nSPS) is 11.4. The van der Waals surface area contributed by atoms with Crippen molar-refractivity contribution in [2.75, 3.05) is 0 Å². The summed E-state index contributed by atoms with van der Waals surface area (Å²) in [7, 11) is 0. The Kier molecular flexibility index (Phi) is 4.30. The number of carbonyl (C=O) groups excluding carboxylic acids is 1. The van der Waals surface area contributed by atoms with Crippen LogP contribution in [0.4, 0.5) is 0 Å². The molecule has 0 aromatic heterocycles. The van der Waals surface area contributed by atoms with E-state index in [-0.39, 0.29) is 5.78 Å². The third-order valence-electron chi connectivity index (χ3n) is 3.17. The van der Waals surface area contributed by atoms with E-state index < -0.39 is 0 Å². The van der Waals surface area contributed by atoms with Crippen LogP contribution < -0.4 is 0 Å². The van der Waals surface area contributed by atoms with E-state index >= 15 is 0 Å². The number of rotatable bonds is 4. The fourth-order valence-corrected chi connectivity index (χ4v) is 2.00. The van der Waals surface area contributed by atoms with Gasteiger partial charge in [0.15, 0.2) is 5.78 Å². The number of benzene rings is 2. The lowest BCUT2D eigenvalue weighted by molar-refractivity contribution is 0.104. The Morgan fingerprint density at radius 3 is 2.16 bits per heavy atom. The molecule has 0 aliphatic heterocycles. The zero-order chi connectivity index (χ0) is 13.7. The van der Waals surface area contributed by atoms with Crippen molar-refractivity contribution < 1.29 is 4.79 Å². The number of ketones is 1. The molecule has 0 atom stereocenters. The summed E-state index contributed by atoms with van der Waals surface area (Å²) in [5.41, 5.74) is 4.10. The molecule has 0 spiro atoms. The van der Waals surface area contributed by atoms with E-state index in [2.05, 4.69) is 6.92 Å². The second kappa shape index (κ2) is 6.14. The molecular weight excluding hydrogens is 232 g/mol. The van der Waals surface area contributed by atoms with E-state index in [4.69, 9.17) is 0 Å². The predicted octanol–water partition coefficient (Wildman–Crippen LogP) is 4.67. The van der Waals surface area contributed by atoms with Gasteiger partial charge in [0.2, 0.25) is 0 Å². The van der Waals surface area contributed by atoms with Crippen molar-refractivity contribution in [1.29, 1.82) is 0 Å². The van der Waals surface area contributed by atoms with E-state index in [0.29, 0.717) is 0 Å². The number of hydrogen-bond donors (Lipinski definition) is 0. The molecule has 0 saturated carbocycles. The Morgan fingerprint density at radius 2 is 1.58 bits per heavy atom. The molecule has 19 heavy (non-hydrogen) atoms. The second-order valence-corrected chi connectivity index (χ2v) is 4.62. The molecule has 1 heteroatoms. The van der Waals surface area contributed by atoms with Gasteiger partial charge < -0.3 is 0 Å². The first-order valence-electron chi connectivity index (χ1n) is 6.57. The van der Waals surface area contributed by atoms with E-state index in [1.807, 2.05) is 61.5 Å². The van der Waals surface area contributed by atoms with Crippen molar-refractivity contribution in [1.82, 2.24) is 0 Å². The molecule has 0 unspecified atom stereocenters. The van der Waals surface area contributed by atoms with Crippen molar-refractivity contribution in [2.24, 2.45) is 0 Å². The van der Waals surface area contributed by atoms with Gasteiger partial charge in [0.1, 0.15) is 0 Å². The average molecular weight is 250 g/mol. The summed E-state index contributed by atoms with van der Waals surface area (Å²) in [4.78, 5) is 12.2. The molecule has 0 N–H and O–H groups in total. The van der Waals surface area contributed by atoms with E-state index in [1.54, 1.807) is 6.08 Å². The first-order valence-corrected chi connectivity index (χ1v) is 6.57. The largest absolute Gasteiger partial charge is 0.289 e. The Labute approximate surface area is 114 Å². The van der Waals surface area contributed by atoms with Crippen molar-refractivity contribution in [3.63, 3.8) is 0 Å². The van der Waals surface area contributed by atoms with Crippen LogP contribution in [0.3, 0.4) is 0 Å². The molecule has 0 amide bonds. The van der Waals surface area contributed by atoms with Gasteiger partial charge in [0, 0.05) is 5.56 Å². The molecule has 1 nitrogen and oxygen atoms in total. The van der Waals surface area contributed by atoms with Gasteiger partial charge in [0.05, 0.1) is 0 Å². The van der Waals surface area contributed by atoms with E-state index in [1.165, 1.54) is 5.56 Å². The highest BCUT2D eigenvalue weighted by molar-refractivity contribution is 6.08. The van der Waals surface area contributed by atoms with Crippen LogP contribution in [0.25, 0.3) is 5.57 Å². The van der Waals surface area contributed by atoms with Crippen LogP contribution in [0.2, 0.25) is 0 Å². The van der Waals surface area contributed by atoms with Gasteiger partial charge in [-0.2, -0.15) is 0 Å². The average Bonchev–Trinajstić information content (AvgIpc) is 2.46. The molecule has 0 aliphatic carbocycles. The highest BCUT2D eigenvalue weighted by atomic mass is 16.1. The molecule has 96 valence electrons. The summed E-state index contributed by atoms with van der Waals surface area (Å²) in [6.45, 7) is 4.09. The minimum absolute atomic E-state index is 0.0701. The summed E-state index contributed by atoms with van der Waals surface area (Å²) in [6.07, 6.45) is 2.60. The van der Waals surface area contributed by atoms with Gasteiger partial charge in [-0.15, -0.1) is 0 Å². The second-order valence-electron chi connectivity index (χ2n) is 4.62. The lowest BCUT2D eigenvalue weighted by Crippen LogP contribution is -1.96. The Balaban J connectivity index is 2.28. The van der Waals surface area contributed by atoms with Gasteiger partial charge in [-0.05, 0) is 30.6 Å². The Hall–Kier alpha value is -2.15. The zero-order valence-corrected chi connectivity index (χ0v) is 11.4. The maximum absolute atomic E-state index is 12.2.